The fraction of sp³-hybridized carbons (Fsp3) is 0.235. The van der Waals surface area contributed by atoms with Gasteiger partial charge in [-0.3, -0.25) is 4.79 Å². The third-order valence-corrected chi connectivity index (χ3v) is 4.52. The number of hydrogen-bond donors (Lipinski definition) is 0. The van der Waals surface area contributed by atoms with Crippen LogP contribution in [-0.2, 0) is 12.8 Å². The van der Waals surface area contributed by atoms with Gasteiger partial charge in [0.15, 0.2) is 5.78 Å². The van der Waals surface area contributed by atoms with Crippen molar-refractivity contribution >= 4 is 28.4 Å². The largest absolute Gasteiger partial charge is 0.496 e. The predicted octanol–water partition coefficient (Wildman–Crippen LogP) is 3.90. The maximum atomic E-state index is 12.8. The maximum absolute atomic E-state index is 12.8. The van der Waals surface area contributed by atoms with Gasteiger partial charge in [0.05, 0.1) is 12.7 Å². The summed E-state index contributed by atoms with van der Waals surface area (Å²) in [7, 11) is 1.61. The van der Waals surface area contributed by atoms with Crippen LogP contribution in [0.5, 0.6) is 5.75 Å². The van der Waals surface area contributed by atoms with Crippen molar-refractivity contribution in [2.75, 3.05) is 7.11 Å². The smallest absolute Gasteiger partial charge is 0.170 e. The molecule has 0 radical (unpaired) electrons. The van der Waals surface area contributed by atoms with Gasteiger partial charge in [-0.05, 0) is 64.8 Å². The molecule has 2 aromatic carbocycles. The molecule has 0 atom stereocenters. The summed E-state index contributed by atoms with van der Waals surface area (Å²) in [6, 6.07) is 14.1. The van der Waals surface area contributed by atoms with Gasteiger partial charge < -0.3 is 4.74 Å². The number of carbonyl (C=O) groups excluding carboxylic acids is 1. The van der Waals surface area contributed by atoms with E-state index in [1.807, 2.05) is 30.3 Å². The van der Waals surface area contributed by atoms with Crippen LogP contribution in [0.25, 0.3) is 0 Å². The van der Waals surface area contributed by atoms with Crippen molar-refractivity contribution in [1.82, 2.24) is 0 Å². The van der Waals surface area contributed by atoms with Gasteiger partial charge in [0, 0.05) is 9.49 Å². The number of halogens is 1. The SMILES string of the molecule is COc1ccc(I)cc1C(=O)C1Cc2ccccc2C1. The van der Waals surface area contributed by atoms with Crippen molar-refractivity contribution in [1.29, 1.82) is 0 Å². The van der Waals surface area contributed by atoms with Crippen LogP contribution in [0.4, 0.5) is 0 Å². The van der Waals surface area contributed by atoms with Crippen LogP contribution in [0.1, 0.15) is 21.5 Å². The summed E-state index contributed by atoms with van der Waals surface area (Å²) in [5, 5.41) is 0. The van der Waals surface area contributed by atoms with Crippen molar-refractivity contribution in [3.63, 3.8) is 0 Å². The molecule has 2 nitrogen and oxygen atoms in total. The Balaban J connectivity index is 1.90. The molecule has 102 valence electrons. The van der Waals surface area contributed by atoms with Crippen molar-refractivity contribution < 1.29 is 9.53 Å². The van der Waals surface area contributed by atoms with E-state index in [4.69, 9.17) is 4.74 Å². The highest BCUT2D eigenvalue weighted by Crippen LogP contribution is 2.32. The van der Waals surface area contributed by atoms with Gasteiger partial charge in [0.2, 0.25) is 0 Å². The Hall–Kier alpha value is -1.36. The number of fused-ring (bicyclic) bond motifs is 1. The molecule has 0 bridgehead atoms. The zero-order chi connectivity index (χ0) is 14.1. The molecule has 3 rings (SSSR count). The summed E-state index contributed by atoms with van der Waals surface area (Å²) >= 11 is 2.23. The Labute approximate surface area is 132 Å². The van der Waals surface area contributed by atoms with E-state index in [1.54, 1.807) is 7.11 Å². The molecule has 0 fully saturated rings. The first-order valence-corrected chi connectivity index (χ1v) is 7.71. The number of rotatable bonds is 3. The van der Waals surface area contributed by atoms with Gasteiger partial charge in [-0.1, -0.05) is 24.3 Å². The van der Waals surface area contributed by atoms with Gasteiger partial charge in [-0.15, -0.1) is 0 Å². The minimum atomic E-state index is 0.0412. The first-order valence-electron chi connectivity index (χ1n) is 6.63. The number of Topliss-reactive ketones (excluding diaryl/α,β-unsaturated/α-hetero) is 1. The zero-order valence-corrected chi connectivity index (χ0v) is 13.4. The Morgan fingerprint density at radius 1 is 1.15 bits per heavy atom. The molecule has 0 aromatic heterocycles. The maximum Gasteiger partial charge on any atom is 0.170 e. The molecule has 0 spiro atoms. The lowest BCUT2D eigenvalue weighted by Gasteiger charge is -2.12. The molecule has 20 heavy (non-hydrogen) atoms. The fourth-order valence-corrected chi connectivity index (χ4v) is 3.33. The molecule has 0 heterocycles. The second-order valence-electron chi connectivity index (χ2n) is 5.08. The molecule has 0 N–H and O–H groups in total. The zero-order valence-electron chi connectivity index (χ0n) is 11.2. The molecule has 0 amide bonds. The Morgan fingerprint density at radius 3 is 2.40 bits per heavy atom. The summed E-state index contributed by atoms with van der Waals surface area (Å²) in [6.07, 6.45) is 1.67. The lowest BCUT2D eigenvalue weighted by Crippen LogP contribution is -2.16. The average molecular weight is 378 g/mol. The van der Waals surface area contributed by atoms with Crippen molar-refractivity contribution in [2.45, 2.75) is 12.8 Å². The first-order chi connectivity index (χ1) is 9.69. The predicted molar refractivity (Wildman–Crippen MR) is 87.4 cm³/mol. The van der Waals surface area contributed by atoms with Crippen LogP contribution in [-0.4, -0.2) is 12.9 Å². The van der Waals surface area contributed by atoms with E-state index in [1.165, 1.54) is 11.1 Å². The molecular formula is C17H15IO2. The summed E-state index contributed by atoms with van der Waals surface area (Å²) in [5.74, 6) is 0.905. The van der Waals surface area contributed by atoms with Crippen LogP contribution in [0.15, 0.2) is 42.5 Å². The van der Waals surface area contributed by atoms with E-state index in [0.717, 1.165) is 16.4 Å². The van der Waals surface area contributed by atoms with Gasteiger partial charge >= 0.3 is 0 Å². The van der Waals surface area contributed by atoms with Crippen molar-refractivity contribution in [3.8, 4) is 5.75 Å². The number of benzene rings is 2. The molecule has 3 heteroatoms. The minimum Gasteiger partial charge on any atom is -0.496 e. The van der Waals surface area contributed by atoms with E-state index in [-0.39, 0.29) is 11.7 Å². The Bertz CT molecular complexity index is 639. The van der Waals surface area contributed by atoms with Gasteiger partial charge in [-0.25, -0.2) is 0 Å². The molecule has 1 aliphatic rings. The van der Waals surface area contributed by atoms with E-state index in [2.05, 4.69) is 34.7 Å². The third-order valence-electron chi connectivity index (χ3n) is 3.85. The highest BCUT2D eigenvalue weighted by atomic mass is 127. The van der Waals surface area contributed by atoms with Crippen molar-refractivity contribution in [3.05, 3.63) is 62.7 Å². The second kappa shape index (κ2) is 5.56. The van der Waals surface area contributed by atoms with E-state index in [0.29, 0.717) is 11.3 Å². The fourth-order valence-electron chi connectivity index (χ4n) is 2.84. The monoisotopic (exact) mass is 378 g/mol. The van der Waals surface area contributed by atoms with Crippen LogP contribution >= 0.6 is 22.6 Å². The van der Waals surface area contributed by atoms with Crippen molar-refractivity contribution in [2.24, 2.45) is 5.92 Å². The quantitative estimate of drug-likeness (QED) is 0.598. The number of methoxy groups -OCH3 is 1. The molecular weight excluding hydrogens is 363 g/mol. The van der Waals surface area contributed by atoms with E-state index in [9.17, 15) is 4.79 Å². The molecule has 2 aromatic rings. The highest BCUT2D eigenvalue weighted by Gasteiger charge is 2.29. The summed E-state index contributed by atoms with van der Waals surface area (Å²) in [6.45, 7) is 0. The summed E-state index contributed by atoms with van der Waals surface area (Å²) in [5.41, 5.74) is 3.31. The second-order valence-corrected chi connectivity index (χ2v) is 6.33. The summed E-state index contributed by atoms with van der Waals surface area (Å²) in [4.78, 5) is 12.8. The number of hydrogen-bond acceptors (Lipinski definition) is 2. The topological polar surface area (TPSA) is 26.3 Å². The van der Waals surface area contributed by atoms with Crippen LogP contribution in [0, 0.1) is 9.49 Å². The third kappa shape index (κ3) is 2.46. The van der Waals surface area contributed by atoms with Gasteiger partial charge in [0.25, 0.3) is 0 Å². The number of ketones is 1. The average Bonchev–Trinajstić information content (AvgIpc) is 2.90. The lowest BCUT2D eigenvalue weighted by atomic mass is 9.94. The molecule has 0 unspecified atom stereocenters. The van der Waals surface area contributed by atoms with Gasteiger partial charge in [-0.2, -0.15) is 0 Å². The Kier molecular flexibility index (Phi) is 3.78. The molecule has 1 aliphatic carbocycles. The van der Waals surface area contributed by atoms with Crippen LogP contribution in [0.3, 0.4) is 0 Å². The van der Waals surface area contributed by atoms with Crippen LogP contribution < -0.4 is 4.74 Å². The first kappa shape index (κ1) is 13.6. The van der Waals surface area contributed by atoms with E-state index >= 15 is 0 Å². The van der Waals surface area contributed by atoms with E-state index < -0.39 is 0 Å². The standard InChI is InChI=1S/C17H15IO2/c1-20-16-7-6-14(18)10-15(16)17(19)13-8-11-4-2-3-5-12(11)9-13/h2-7,10,13H,8-9H2,1H3. The molecule has 0 saturated heterocycles. The minimum absolute atomic E-state index is 0.0412. The lowest BCUT2D eigenvalue weighted by molar-refractivity contribution is 0.0921. The molecule has 0 aliphatic heterocycles. The highest BCUT2D eigenvalue weighted by molar-refractivity contribution is 14.1. The van der Waals surface area contributed by atoms with Crippen LogP contribution in [0.2, 0.25) is 0 Å². The summed E-state index contributed by atoms with van der Waals surface area (Å²) < 4.78 is 6.39. The number of ether oxygens (including phenoxy) is 1. The Morgan fingerprint density at radius 2 is 1.80 bits per heavy atom. The normalized spacial score (nSPS) is 14.1. The molecule has 0 saturated carbocycles. The van der Waals surface area contributed by atoms with Gasteiger partial charge in [0.1, 0.15) is 5.75 Å². The number of carbonyl (C=O) groups is 1.